The summed E-state index contributed by atoms with van der Waals surface area (Å²) in [5.74, 6) is -1.55. The lowest BCUT2D eigenvalue weighted by Crippen LogP contribution is -2.50. The molecule has 0 aliphatic heterocycles. The van der Waals surface area contributed by atoms with Crippen LogP contribution in [0, 0.1) is 0 Å². The van der Waals surface area contributed by atoms with Crippen LogP contribution in [0.2, 0.25) is 0 Å². The Labute approximate surface area is 360 Å². The number of carbonyl (C=O) groups excluding carboxylic acids is 2. The van der Waals surface area contributed by atoms with Gasteiger partial charge in [0.2, 0.25) is 0 Å². The van der Waals surface area contributed by atoms with E-state index in [1.807, 2.05) is 21.1 Å². The minimum Gasteiger partial charge on any atom is -0.477 e. The van der Waals surface area contributed by atoms with Gasteiger partial charge in [0.25, 0.3) is 0 Å². The number of quaternary nitrogens is 1. The summed E-state index contributed by atoms with van der Waals surface area (Å²) in [4.78, 5) is 37.0. The molecule has 334 valence electrons. The first-order valence-corrected chi connectivity index (χ1v) is 22.8. The van der Waals surface area contributed by atoms with Gasteiger partial charge in [-0.25, -0.2) is 4.79 Å². The summed E-state index contributed by atoms with van der Waals surface area (Å²) in [5.41, 5.74) is 0. The van der Waals surface area contributed by atoms with E-state index in [-0.39, 0.29) is 42.7 Å². The monoisotopic (exact) mass is 823 g/mol. The number of rotatable bonds is 39. The van der Waals surface area contributed by atoms with Gasteiger partial charge in [-0.2, -0.15) is 0 Å². The lowest BCUT2D eigenvalue weighted by molar-refractivity contribution is -0.887. The molecule has 8 heteroatoms. The predicted molar refractivity (Wildman–Crippen MR) is 247 cm³/mol. The molecule has 8 nitrogen and oxygen atoms in total. The van der Waals surface area contributed by atoms with Gasteiger partial charge in [-0.05, 0) is 89.9 Å². The van der Waals surface area contributed by atoms with Crippen molar-refractivity contribution in [1.82, 2.24) is 0 Å². The van der Waals surface area contributed by atoms with E-state index in [1.165, 1.54) is 19.3 Å². The zero-order valence-corrected chi connectivity index (χ0v) is 37.9. The summed E-state index contributed by atoms with van der Waals surface area (Å²) in [6, 6.07) is -0.628. The van der Waals surface area contributed by atoms with Gasteiger partial charge in [-0.3, -0.25) is 9.59 Å². The van der Waals surface area contributed by atoms with Crippen LogP contribution >= 0.6 is 0 Å². The maximum absolute atomic E-state index is 12.7. The number of allylic oxidation sites excluding steroid dienone is 16. The number of esters is 2. The van der Waals surface area contributed by atoms with Gasteiger partial charge >= 0.3 is 17.9 Å². The maximum atomic E-state index is 12.7. The molecule has 0 fully saturated rings. The minimum atomic E-state index is -0.888. The predicted octanol–water partition coefficient (Wildman–Crippen LogP) is 12.7. The van der Waals surface area contributed by atoms with Gasteiger partial charge in [0.15, 0.2) is 12.1 Å². The van der Waals surface area contributed by atoms with Crippen molar-refractivity contribution < 1.29 is 38.2 Å². The van der Waals surface area contributed by atoms with Crippen molar-refractivity contribution in [2.75, 3.05) is 41.0 Å². The number of carboxylic acids is 1. The fourth-order valence-electron chi connectivity index (χ4n) is 6.01. The molecule has 2 atom stereocenters. The Morgan fingerprint density at radius 1 is 0.508 bits per heavy atom. The second-order valence-electron chi connectivity index (χ2n) is 15.9. The second kappa shape index (κ2) is 41.0. The molecule has 0 saturated carbocycles. The summed E-state index contributed by atoms with van der Waals surface area (Å²) in [7, 11) is 5.50. The molecule has 0 aliphatic carbocycles. The van der Waals surface area contributed by atoms with Crippen molar-refractivity contribution in [3.8, 4) is 0 Å². The normalized spacial score (nSPS) is 13.8. The molecule has 0 radical (unpaired) electrons. The average Bonchev–Trinajstić information content (AvgIpc) is 3.19. The molecular weight excluding hydrogens is 739 g/mol. The zero-order valence-electron chi connectivity index (χ0n) is 37.9. The molecule has 0 bridgehead atoms. The molecule has 0 saturated heterocycles. The Hall–Kier alpha value is -3.75. The molecule has 0 aromatic carbocycles. The molecule has 1 N–H and O–H groups in total. The van der Waals surface area contributed by atoms with Crippen LogP contribution in [0.5, 0.6) is 0 Å². The van der Waals surface area contributed by atoms with Crippen LogP contribution in [0.25, 0.3) is 0 Å². The van der Waals surface area contributed by atoms with Gasteiger partial charge < -0.3 is 23.8 Å². The Morgan fingerprint density at radius 2 is 0.898 bits per heavy atom. The molecule has 0 aromatic heterocycles. The van der Waals surface area contributed by atoms with Crippen LogP contribution in [0.15, 0.2) is 97.2 Å². The van der Waals surface area contributed by atoms with Crippen molar-refractivity contribution in [3.63, 3.8) is 0 Å². The molecule has 0 heterocycles. The van der Waals surface area contributed by atoms with Gasteiger partial charge in [0.1, 0.15) is 6.61 Å². The van der Waals surface area contributed by atoms with Crippen molar-refractivity contribution in [1.29, 1.82) is 0 Å². The topological polar surface area (TPSA) is 99.1 Å². The largest absolute Gasteiger partial charge is 0.477 e. The van der Waals surface area contributed by atoms with E-state index in [9.17, 15) is 19.5 Å². The third kappa shape index (κ3) is 39.5. The highest BCUT2D eigenvalue weighted by atomic mass is 16.6. The summed E-state index contributed by atoms with van der Waals surface area (Å²) in [5, 5.41) is 9.62. The fraction of sp³-hybridized carbons (Fsp3) is 0.627. The lowest BCUT2D eigenvalue weighted by atomic mass is 10.1. The third-order valence-corrected chi connectivity index (χ3v) is 9.48. The third-order valence-electron chi connectivity index (χ3n) is 9.48. The van der Waals surface area contributed by atoms with Crippen molar-refractivity contribution in [2.45, 2.75) is 167 Å². The number of aliphatic carboxylic acids is 1. The maximum Gasteiger partial charge on any atom is 0.362 e. The lowest BCUT2D eigenvalue weighted by Gasteiger charge is -2.31. The zero-order chi connectivity index (χ0) is 43.5. The molecule has 0 aliphatic rings. The van der Waals surface area contributed by atoms with E-state index in [1.54, 1.807) is 0 Å². The van der Waals surface area contributed by atoms with Gasteiger partial charge in [-0.15, -0.1) is 0 Å². The highest BCUT2D eigenvalue weighted by Gasteiger charge is 2.31. The van der Waals surface area contributed by atoms with E-state index in [2.05, 4.69) is 111 Å². The van der Waals surface area contributed by atoms with E-state index in [0.29, 0.717) is 19.3 Å². The van der Waals surface area contributed by atoms with Crippen LogP contribution in [-0.2, 0) is 28.6 Å². The van der Waals surface area contributed by atoms with Crippen LogP contribution in [0.3, 0.4) is 0 Å². The molecule has 0 rings (SSSR count). The van der Waals surface area contributed by atoms with Crippen LogP contribution in [0.1, 0.15) is 155 Å². The first-order valence-electron chi connectivity index (χ1n) is 22.8. The Kier molecular flexibility index (Phi) is 38.4. The Bertz CT molecular complexity index is 1280. The smallest absolute Gasteiger partial charge is 0.362 e. The first-order chi connectivity index (χ1) is 28.6. The van der Waals surface area contributed by atoms with E-state index in [0.717, 1.165) is 96.3 Å². The van der Waals surface area contributed by atoms with Gasteiger partial charge in [0.05, 0.1) is 34.4 Å². The molecule has 2 unspecified atom stereocenters. The Balaban J connectivity index is 4.33. The SMILES string of the molecule is CC/C=C/C/C=C/C/C=C/C/C=C/C/C=C/CCCCCCCCCC(=O)OCC(COCCC(C(=O)O)[N+](C)(C)C)OC(=O)CCCC/C=C/C/C=C/C/C=C/CC. The highest BCUT2D eigenvalue weighted by Crippen LogP contribution is 2.13. The van der Waals surface area contributed by atoms with Crippen LogP contribution < -0.4 is 0 Å². The second-order valence-corrected chi connectivity index (χ2v) is 15.9. The Morgan fingerprint density at radius 3 is 1.36 bits per heavy atom. The summed E-state index contributed by atoms with van der Waals surface area (Å²) in [6.45, 7) is 4.43. The van der Waals surface area contributed by atoms with Gasteiger partial charge in [0, 0.05) is 19.3 Å². The van der Waals surface area contributed by atoms with Crippen molar-refractivity contribution in [2.24, 2.45) is 0 Å². The van der Waals surface area contributed by atoms with Crippen molar-refractivity contribution in [3.05, 3.63) is 97.2 Å². The first kappa shape index (κ1) is 55.2. The number of hydrogen-bond acceptors (Lipinski definition) is 6. The number of likely N-dealkylation sites (N-methyl/N-ethyl adjacent to an activating group) is 1. The summed E-state index contributed by atoms with van der Waals surface area (Å²) < 4.78 is 17.2. The minimum absolute atomic E-state index is 0.0358. The van der Waals surface area contributed by atoms with E-state index in [4.69, 9.17) is 14.2 Å². The van der Waals surface area contributed by atoms with Crippen molar-refractivity contribution >= 4 is 17.9 Å². The van der Waals surface area contributed by atoms with Crippen LogP contribution in [-0.4, -0.2) is 80.6 Å². The quantitative estimate of drug-likeness (QED) is 0.0285. The molecule has 0 spiro atoms. The number of ether oxygens (including phenoxy) is 3. The number of hydrogen-bond donors (Lipinski definition) is 1. The summed E-state index contributed by atoms with van der Waals surface area (Å²) >= 11 is 0. The highest BCUT2D eigenvalue weighted by molar-refractivity contribution is 5.72. The molecule has 0 amide bonds. The van der Waals surface area contributed by atoms with E-state index < -0.39 is 18.1 Å². The fourth-order valence-corrected chi connectivity index (χ4v) is 6.01. The molecule has 59 heavy (non-hydrogen) atoms. The summed E-state index contributed by atoms with van der Waals surface area (Å²) in [6.07, 6.45) is 54.6. The molecular formula is C51H84NO7+. The van der Waals surface area contributed by atoms with E-state index >= 15 is 0 Å². The van der Waals surface area contributed by atoms with Crippen LogP contribution in [0.4, 0.5) is 0 Å². The number of unbranched alkanes of at least 4 members (excludes halogenated alkanes) is 9. The standard InChI is InChI=1S/C51H83NO7/c1-6-8-10-12-14-16-18-20-21-22-23-24-25-26-27-28-29-30-32-33-35-37-39-41-49(53)58-46-47(45-57-44-43-48(51(55)56)52(3,4)5)59-50(54)42-40-38-36-34-31-19-17-15-13-11-9-7-2/h8-11,14-17,20-21,23-24,26-27,31,34,47-48H,6-7,12-13,18-19,22,25,28-30,32-33,35-46H2,1-5H3/p+1/b10-8+,11-9+,16-14+,17-15+,21-20+,24-23+,27-26+,34-31+. The van der Waals surface area contributed by atoms with Gasteiger partial charge in [-0.1, -0.05) is 143 Å². The number of carbonyl (C=O) groups is 3. The molecule has 0 aromatic rings. The average molecular weight is 823 g/mol. The number of nitrogens with zero attached hydrogens (tertiary/aromatic N) is 1. The number of carboxylic acid groups (broad SMARTS) is 1.